The highest BCUT2D eigenvalue weighted by Crippen LogP contribution is 2.43. The Kier molecular flexibility index (Phi) is 5.21. The second kappa shape index (κ2) is 8.65. The average Bonchev–Trinajstić information content (AvgIpc) is 3.53. The molecule has 0 amide bonds. The lowest BCUT2D eigenvalue weighted by Gasteiger charge is -2.12. The molecule has 0 radical (unpaired) electrons. The van der Waals surface area contributed by atoms with E-state index in [1.807, 2.05) is 60.7 Å². The Morgan fingerprint density at radius 2 is 1.00 bits per heavy atom. The van der Waals surface area contributed by atoms with Crippen molar-refractivity contribution in [3.63, 3.8) is 0 Å². The number of halogens is 2. The maximum absolute atomic E-state index is 6.83. The van der Waals surface area contributed by atoms with E-state index >= 15 is 0 Å². The van der Waals surface area contributed by atoms with E-state index in [0.717, 1.165) is 66.2 Å². The van der Waals surface area contributed by atoms with E-state index in [2.05, 4.69) is 22.1 Å². The van der Waals surface area contributed by atoms with E-state index in [1.54, 1.807) is 14.2 Å². The van der Waals surface area contributed by atoms with Crippen LogP contribution in [0.3, 0.4) is 0 Å². The summed E-state index contributed by atoms with van der Waals surface area (Å²) in [5.41, 5.74) is 6.23. The zero-order valence-electron chi connectivity index (χ0n) is 20.4. The van der Waals surface area contributed by atoms with Gasteiger partial charge in [-0.25, -0.2) is 9.97 Å². The molecule has 7 aromatic rings. The van der Waals surface area contributed by atoms with Gasteiger partial charge in [0.15, 0.2) is 10.3 Å². The molecule has 6 nitrogen and oxygen atoms in total. The lowest BCUT2D eigenvalue weighted by Crippen LogP contribution is -1.97. The standard InChI is InChI=1S/C30H20Cl2N4O2/c1-37-21-13-11-17(25-23(21)15-7-3-5-9-19(15)33-25)27-29(31)36-28(30(32)35-27)18-12-14-22(38-2)24-16-8-4-6-10-20(16)34-26(18)24/h3-14,33-34H,1-2H3. The molecule has 0 aliphatic carbocycles. The molecule has 0 saturated heterocycles. The molecule has 186 valence electrons. The van der Waals surface area contributed by atoms with Crippen LogP contribution in [0.15, 0.2) is 72.8 Å². The van der Waals surface area contributed by atoms with Gasteiger partial charge in [0, 0.05) is 32.9 Å². The SMILES string of the molecule is COc1ccc(-c2nc(Cl)c(-c3ccc(OC)c4c3[nH]c3ccccc34)nc2Cl)c2[nH]c3ccccc3c12. The van der Waals surface area contributed by atoms with E-state index in [9.17, 15) is 0 Å². The highest BCUT2D eigenvalue weighted by atomic mass is 35.5. The molecule has 0 aliphatic heterocycles. The van der Waals surface area contributed by atoms with Gasteiger partial charge in [-0.3, -0.25) is 0 Å². The number of fused-ring (bicyclic) bond motifs is 6. The van der Waals surface area contributed by atoms with Crippen molar-refractivity contribution in [2.75, 3.05) is 14.2 Å². The third-order valence-electron chi connectivity index (χ3n) is 7.01. The zero-order valence-corrected chi connectivity index (χ0v) is 21.9. The van der Waals surface area contributed by atoms with Crippen molar-refractivity contribution < 1.29 is 9.47 Å². The summed E-state index contributed by atoms with van der Waals surface area (Å²) < 4.78 is 11.3. The van der Waals surface area contributed by atoms with Gasteiger partial charge in [-0.05, 0) is 36.4 Å². The van der Waals surface area contributed by atoms with Crippen molar-refractivity contribution in [1.29, 1.82) is 0 Å². The van der Waals surface area contributed by atoms with Crippen molar-refractivity contribution in [2.24, 2.45) is 0 Å². The van der Waals surface area contributed by atoms with Crippen molar-refractivity contribution in [3.05, 3.63) is 83.1 Å². The topological polar surface area (TPSA) is 75.8 Å². The first kappa shape index (κ1) is 22.9. The summed E-state index contributed by atoms with van der Waals surface area (Å²) in [6, 6.07) is 23.8. The lowest BCUT2D eigenvalue weighted by molar-refractivity contribution is 0.420. The summed E-state index contributed by atoms with van der Waals surface area (Å²) in [7, 11) is 3.32. The van der Waals surface area contributed by atoms with Gasteiger partial charge in [0.1, 0.15) is 22.9 Å². The minimum absolute atomic E-state index is 0.245. The Hall–Kier alpha value is -4.26. The number of ether oxygens (including phenoxy) is 2. The number of benzene rings is 4. The van der Waals surface area contributed by atoms with Crippen LogP contribution in [-0.4, -0.2) is 34.2 Å². The zero-order chi connectivity index (χ0) is 26.0. The van der Waals surface area contributed by atoms with Crippen molar-refractivity contribution in [1.82, 2.24) is 19.9 Å². The normalized spacial score (nSPS) is 11.7. The van der Waals surface area contributed by atoms with Crippen LogP contribution in [0, 0.1) is 0 Å². The Morgan fingerprint density at radius 1 is 0.579 bits per heavy atom. The molecule has 0 fully saturated rings. The molecule has 3 aromatic heterocycles. The number of nitrogens with one attached hydrogen (secondary N) is 2. The predicted octanol–water partition coefficient (Wildman–Crippen LogP) is 8.40. The summed E-state index contributed by atoms with van der Waals surface area (Å²) in [4.78, 5) is 16.5. The number of nitrogens with zero attached hydrogens (tertiary/aromatic N) is 2. The fourth-order valence-corrected chi connectivity index (χ4v) is 5.78. The molecule has 8 heteroatoms. The minimum atomic E-state index is 0.245. The molecule has 7 rings (SSSR count). The average molecular weight is 539 g/mol. The highest BCUT2D eigenvalue weighted by Gasteiger charge is 2.22. The molecule has 2 N–H and O–H groups in total. The molecular weight excluding hydrogens is 519 g/mol. The number of hydrogen-bond donors (Lipinski definition) is 2. The summed E-state index contributed by atoms with van der Waals surface area (Å²) in [5.74, 6) is 1.51. The first-order valence-corrected chi connectivity index (χ1v) is 12.7. The first-order chi connectivity index (χ1) is 18.6. The molecule has 4 aromatic carbocycles. The monoisotopic (exact) mass is 538 g/mol. The number of rotatable bonds is 4. The molecule has 0 spiro atoms. The van der Waals surface area contributed by atoms with Gasteiger partial charge in [-0.15, -0.1) is 0 Å². The van der Waals surface area contributed by atoms with Gasteiger partial charge >= 0.3 is 0 Å². The van der Waals surface area contributed by atoms with E-state index in [0.29, 0.717) is 11.4 Å². The van der Waals surface area contributed by atoms with Crippen LogP contribution in [0.1, 0.15) is 0 Å². The smallest absolute Gasteiger partial charge is 0.156 e. The van der Waals surface area contributed by atoms with Gasteiger partial charge in [-0.1, -0.05) is 59.6 Å². The number of hydrogen-bond acceptors (Lipinski definition) is 4. The number of aromatic nitrogens is 4. The second-order valence-electron chi connectivity index (χ2n) is 8.97. The molecule has 3 heterocycles. The third kappa shape index (κ3) is 3.27. The van der Waals surface area contributed by atoms with Crippen molar-refractivity contribution in [3.8, 4) is 34.0 Å². The maximum atomic E-state index is 6.83. The Morgan fingerprint density at radius 3 is 1.42 bits per heavy atom. The summed E-state index contributed by atoms with van der Waals surface area (Å²) in [6.07, 6.45) is 0. The Bertz CT molecular complexity index is 1900. The Labute approximate surface area is 227 Å². The fraction of sp³-hybridized carbons (Fsp3) is 0.0667. The van der Waals surface area contributed by atoms with Gasteiger partial charge in [-0.2, -0.15) is 0 Å². The van der Waals surface area contributed by atoms with Crippen LogP contribution in [0.5, 0.6) is 11.5 Å². The van der Waals surface area contributed by atoms with Crippen molar-refractivity contribution in [2.45, 2.75) is 0 Å². The van der Waals surface area contributed by atoms with Crippen LogP contribution in [0.2, 0.25) is 10.3 Å². The first-order valence-electron chi connectivity index (χ1n) is 12.0. The predicted molar refractivity (Wildman–Crippen MR) is 155 cm³/mol. The van der Waals surface area contributed by atoms with Gasteiger partial charge in [0.2, 0.25) is 0 Å². The highest BCUT2D eigenvalue weighted by molar-refractivity contribution is 6.35. The Balaban J connectivity index is 1.46. The molecule has 0 atom stereocenters. The van der Waals surface area contributed by atoms with E-state index in [4.69, 9.17) is 42.6 Å². The molecule has 0 unspecified atom stereocenters. The van der Waals surface area contributed by atoms with E-state index < -0.39 is 0 Å². The molecular formula is C30H20Cl2N4O2. The van der Waals surface area contributed by atoms with Gasteiger partial charge in [0.05, 0.1) is 36.0 Å². The second-order valence-corrected chi connectivity index (χ2v) is 9.69. The third-order valence-corrected chi connectivity index (χ3v) is 7.53. The molecule has 0 aliphatic rings. The van der Waals surface area contributed by atoms with Crippen LogP contribution in [0.25, 0.3) is 66.1 Å². The number of methoxy groups -OCH3 is 2. The van der Waals surface area contributed by atoms with Crippen LogP contribution >= 0.6 is 23.2 Å². The van der Waals surface area contributed by atoms with Crippen molar-refractivity contribution >= 4 is 66.8 Å². The summed E-state index contributed by atoms with van der Waals surface area (Å²) in [6.45, 7) is 0. The quantitative estimate of drug-likeness (QED) is 0.236. The molecule has 38 heavy (non-hydrogen) atoms. The number of aromatic amines is 2. The van der Waals surface area contributed by atoms with Crippen LogP contribution in [0.4, 0.5) is 0 Å². The van der Waals surface area contributed by atoms with Gasteiger partial charge < -0.3 is 19.4 Å². The molecule has 0 bridgehead atoms. The van der Waals surface area contributed by atoms with Crippen LogP contribution < -0.4 is 9.47 Å². The fourth-order valence-electron chi connectivity index (χ4n) is 5.32. The van der Waals surface area contributed by atoms with E-state index in [1.165, 1.54) is 0 Å². The summed E-state index contributed by atoms with van der Waals surface area (Å²) >= 11 is 13.7. The van der Waals surface area contributed by atoms with E-state index in [-0.39, 0.29) is 10.3 Å². The summed E-state index contributed by atoms with van der Waals surface area (Å²) in [5, 5.41) is 4.49. The van der Waals surface area contributed by atoms with Crippen LogP contribution in [-0.2, 0) is 0 Å². The minimum Gasteiger partial charge on any atom is -0.496 e. The number of para-hydroxylation sites is 2. The maximum Gasteiger partial charge on any atom is 0.156 e. The molecule has 0 saturated carbocycles. The largest absolute Gasteiger partial charge is 0.496 e. The number of H-pyrrole nitrogens is 2. The lowest BCUT2D eigenvalue weighted by atomic mass is 10.0. The van der Waals surface area contributed by atoms with Gasteiger partial charge in [0.25, 0.3) is 0 Å².